The third kappa shape index (κ3) is 3.14. The summed E-state index contributed by atoms with van der Waals surface area (Å²) in [7, 11) is 1.86. The Balaban J connectivity index is 1.65. The molecule has 0 spiro atoms. The van der Waals surface area contributed by atoms with Gasteiger partial charge in [-0.15, -0.1) is 11.6 Å². The summed E-state index contributed by atoms with van der Waals surface area (Å²) in [6.07, 6.45) is 3.46. The largest absolute Gasteiger partial charge is 0.371 e. The third-order valence-corrected chi connectivity index (χ3v) is 4.44. The van der Waals surface area contributed by atoms with Crippen LogP contribution in [0.25, 0.3) is 11.4 Å². The fraction of sp³-hybridized carbons (Fsp3) is 0.438. The number of aryl methyl sites for hydroxylation is 1. The van der Waals surface area contributed by atoms with E-state index in [0.717, 1.165) is 37.3 Å². The maximum Gasteiger partial charge on any atom is 0.181 e. The number of ketones is 1. The minimum absolute atomic E-state index is 0.130. The molecule has 0 aliphatic carbocycles. The van der Waals surface area contributed by atoms with Gasteiger partial charge in [0.1, 0.15) is 6.33 Å². The van der Waals surface area contributed by atoms with Crippen LogP contribution in [0.2, 0.25) is 0 Å². The number of Topliss-reactive ketones (excluding diaryl/α,β-unsaturated/α-hetero) is 1. The first kappa shape index (κ1) is 15.0. The van der Waals surface area contributed by atoms with E-state index in [1.54, 1.807) is 11.0 Å². The van der Waals surface area contributed by atoms with Crippen LogP contribution >= 0.6 is 11.6 Å². The van der Waals surface area contributed by atoms with Crippen molar-refractivity contribution >= 4 is 23.1 Å². The van der Waals surface area contributed by atoms with Crippen molar-refractivity contribution in [3.63, 3.8) is 0 Å². The number of hydrogen-bond acceptors (Lipinski definition) is 4. The van der Waals surface area contributed by atoms with E-state index in [1.165, 1.54) is 5.69 Å². The smallest absolute Gasteiger partial charge is 0.181 e. The molecule has 22 heavy (non-hydrogen) atoms. The number of benzene rings is 1. The zero-order valence-corrected chi connectivity index (χ0v) is 13.3. The highest BCUT2D eigenvalue weighted by atomic mass is 35.5. The van der Waals surface area contributed by atoms with Crippen LogP contribution in [0.3, 0.4) is 0 Å². The van der Waals surface area contributed by atoms with E-state index in [9.17, 15) is 4.79 Å². The van der Waals surface area contributed by atoms with Gasteiger partial charge in [-0.25, -0.2) is 4.98 Å². The Hall–Kier alpha value is -1.88. The van der Waals surface area contributed by atoms with E-state index in [1.807, 2.05) is 19.2 Å². The van der Waals surface area contributed by atoms with Crippen molar-refractivity contribution in [3.8, 4) is 11.4 Å². The lowest BCUT2D eigenvalue weighted by Crippen LogP contribution is -2.36. The van der Waals surface area contributed by atoms with Gasteiger partial charge in [-0.3, -0.25) is 9.48 Å². The molecule has 1 saturated heterocycles. The van der Waals surface area contributed by atoms with Crippen molar-refractivity contribution in [2.24, 2.45) is 13.0 Å². The van der Waals surface area contributed by atoms with Crippen molar-refractivity contribution in [1.82, 2.24) is 14.8 Å². The van der Waals surface area contributed by atoms with Gasteiger partial charge in [0.25, 0.3) is 0 Å². The van der Waals surface area contributed by atoms with Gasteiger partial charge in [0, 0.05) is 37.3 Å². The Morgan fingerprint density at radius 1 is 1.27 bits per heavy atom. The van der Waals surface area contributed by atoms with Crippen molar-refractivity contribution < 1.29 is 4.79 Å². The molecule has 2 heterocycles. The molecule has 0 unspecified atom stereocenters. The van der Waals surface area contributed by atoms with Crippen LogP contribution in [0, 0.1) is 5.92 Å². The first-order valence-corrected chi connectivity index (χ1v) is 8.00. The second-order valence-electron chi connectivity index (χ2n) is 5.65. The molecule has 2 aromatic rings. The lowest BCUT2D eigenvalue weighted by atomic mass is 9.93. The van der Waals surface area contributed by atoms with Crippen LogP contribution in [0.15, 0.2) is 30.6 Å². The van der Waals surface area contributed by atoms with E-state index in [0.29, 0.717) is 0 Å². The van der Waals surface area contributed by atoms with Gasteiger partial charge >= 0.3 is 0 Å². The summed E-state index contributed by atoms with van der Waals surface area (Å²) in [6, 6.07) is 8.27. The number of halogens is 1. The number of alkyl halides is 1. The number of rotatable bonds is 4. The highest BCUT2D eigenvalue weighted by Crippen LogP contribution is 2.26. The second-order valence-corrected chi connectivity index (χ2v) is 5.92. The monoisotopic (exact) mass is 318 g/mol. The molecule has 6 heteroatoms. The fourth-order valence-electron chi connectivity index (χ4n) is 2.86. The maximum atomic E-state index is 11.6. The molecular formula is C16H19ClN4O. The second kappa shape index (κ2) is 6.48. The van der Waals surface area contributed by atoms with Crippen molar-refractivity contribution in [3.05, 3.63) is 30.6 Å². The molecule has 1 aliphatic heterocycles. The number of nitrogens with zero attached hydrogens (tertiary/aromatic N) is 4. The van der Waals surface area contributed by atoms with E-state index in [2.05, 4.69) is 27.1 Å². The molecule has 116 valence electrons. The number of anilines is 1. The Morgan fingerprint density at radius 2 is 1.95 bits per heavy atom. The highest BCUT2D eigenvalue weighted by Gasteiger charge is 2.24. The SMILES string of the molecule is Cn1cnc(-c2ccc(N3CCC(C(=O)CCl)CC3)cc2)n1. The first-order chi connectivity index (χ1) is 10.7. The molecule has 1 aromatic carbocycles. The molecule has 0 atom stereocenters. The van der Waals surface area contributed by atoms with Gasteiger partial charge in [-0.2, -0.15) is 5.10 Å². The summed E-state index contributed by atoms with van der Waals surface area (Å²) in [6.45, 7) is 1.79. The van der Waals surface area contributed by atoms with E-state index < -0.39 is 0 Å². The summed E-state index contributed by atoms with van der Waals surface area (Å²) in [5.74, 6) is 1.18. The quantitative estimate of drug-likeness (QED) is 0.813. The number of piperidine rings is 1. The zero-order chi connectivity index (χ0) is 15.5. The van der Waals surface area contributed by atoms with Gasteiger partial charge in [-0.1, -0.05) is 0 Å². The third-order valence-electron chi connectivity index (χ3n) is 4.17. The van der Waals surface area contributed by atoms with Crippen molar-refractivity contribution in [2.45, 2.75) is 12.8 Å². The fourth-order valence-corrected chi connectivity index (χ4v) is 3.08. The van der Waals surface area contributed by atoms with Crippen LogP contribution < -0.4 is 4.90 Å². The van der Waals surface area contributed by atoms with Crippen LogP contribution in [-0.2, 0) is 11.8 Å². The van der Waals surface area contributed by atoms with Gasteiger partial charge in [0.2, 0.25) is 0 Å². The standard InChI is InChI=1S/C16H19ClN4O/c1-20-11-18-16(19-20)13-2-4-14(5-3-13)21-8-6-12(7-9-21)15(22)10-17/h2-5,11-12H,6-10H2,1H3. The van der Waals surface area contributed by atoms with E-state index in [4.69, 9.17) is 11.6 Å². The predicted octanol–water partition coefficient (Wildman–Crippen LogP) is 2.51. The summed E-state index contributed by atoms with van der Waals surface area (Å²) >= 11 is 5.64. The number of carbonyl (C=O) groups is 1. The normalized spacial score (nSPS) is 16.0. The van der Waals surface area contributed by atoms with Gasteiger partial charge in [0.05, 0.1) is 5.88 Å². The predicted molar refractivity (Wildman–Crippen MR) is 87.1 cm³/mol. The molecule has 0 amide bonds. The Bertz CT molecular complexity index is 644. The molecule has 3 rings (SSSR count). The number of carbonyl (C=O) groups excluding carboxylic acids is 1. The molecule has 1 fully saturated rings. The molecule has 5 nitrogen and oxygen atoms in total. The van der Waals surface area contributed by atoms with Crippen LogP contribution in [0.1, 0.15) is 12.8 Å². The van der Waals surface area contributed by atoms with E-state index in [-0.39, 0.29) is 17.6 Å². The molecule has 1 aliphatic rings. The van der Waals surface area contributed by atoms with Crippen LogP contribution in [0.5, 0.6) is 0 Å². The maximum absolute atomic E-state index is 11.6. The zero-order valence-electron chi connectivity index (χ0n) is 12.6. The van der Waals surface area contributed by atoms with Crippen molar-refractivity contribution in [2.75, 3.05) is 23.9 Å². The van der Waals surface area contributed by atoms with E-state index >= 15 is 0 Å². The molecule has 0 saturated carbocycles. The topological polar surface area (TPSA) is 51.0 Å². The van der Waals surface area contributed by atoms with Crippen LogP contribution in [0.4, 0.5) is 5.69 Å². The average molecular weight is 319 g/mol. The van der Waals surface area contributed by atoms with Gasteiger partial charge < -0.3 is 4.90 Å². The lowest BCUT2D eigenvalue weighted by Gasteiger charge is -2.32. The molecule has 0 N–H and O–H groups in total. The highest BCUT2D eigenvalue weighted by molar-refractivity contribution is 6.27. The van der Waals surface area contributed by atoms with Gasteiger partial charge in [0.15, 0.2) is 11.6 Å². The molecule has 0 radical (unpaired) electrons. The van der Waals surface area contributed by atoms with Crippen LogP contribution in [-0.4, -0.2) is 39.5 Å². The lowest BCUT2D eigenvalue weighted by molar-refractivity contribution is -0.120. The van der Waals surface area contributed by atoms with Gasteiger partial charge in [-0.05, 0) is 37.1 Å². The number of hydrogen-bond donors (Lipinski definition) is 0. The average Bonchev–Trinajstić information content (AvgIpc) is 3.01. The Morgan fingerprint density at radius 3 is 2.50 bits per heavy atom. The molecule has 0 bridgehead atoms. The molecule has 1 aromatic heterocycles. The number of aromatic nitrogens is 3. The molecular weight excluding hydrogens is 300 g/mol. The van der Waals surface area contributed by atoms with Crippen molar-refractivity contribution in [1.29, 1.82) is 0 Å². The summed E-state index contributed by atoms with van der Waals surface area (Å²) in [4.78, 5) is 18.2. The summed E-state index contributed by atoms with van der Waals surface area (Å²) < 4.78 is 1.70. The minimum Gasteiger partial charge on any atom is -0.371 e. The summed E-state index contributed by atoms with van der Waals surface area (Å²) in [5, 5.41) is 4.30. The minimum atomic E-state index is 0.130. The Labute approximate surface area is 134 Å². The Kier molecular flexibility index (Phi) is 4.43. The summed E-state index contributed by atoms with van der Waals surface area (Å²) in [5.41, 5.74) is 2.19. The first-order valence-electron chi connectivity index (χ1n) is 7.47.